The van der Waals surface area contributed by atoms with Gasteiger partial charge in [0.2, 0.25) is 0 Å². The van der Waals surface area contributed by atoms with Gasteiger partial charge in [-0.1, -0.05) is 0 Å². The maximum atomic E-state index is 12.0. The topological polar surface area (TPSA) is 73.9 Å². The second-order valence-electron chi connectivity index (χ2n) is 4.24. The van der Waals surface area contributed by atoms with Crippen molar-refractivity contribution in [2.75, 3.05) is 20.3 Å². The third-order valence-electron chi connectivity index (χ3n) is 2.70. The van der Waals surface area contributed by atoms with Crippen LogP contribution in [-0.4, -0.2) is 38.2 Å². The van der Waals surface area contributed by atoms with Gasteiger partial charge in [-0.2, -0.15) is 0 Å². The van der Waals surface area contributed by atoms with E-state index in [0.29, 0.717) is 30.2 Å². The third kappa shape index (κ3) is 4.66. The van der Waals surface area contributed by atoms with E-state index in [0.717, 1.165) is 0 Å². The lowest BCUT2D eigenvalue weighted by molar-refractivity contribution is -0.128. The van der Waals surface area contributed by atoms with Crippen molar-refractivity contribution in [1.29, 1.82) is 0 Å². The summed E-state index contributed by atoms with van der Waals surface area (Å²) in [4.78, 5) is 23.5. The van der Waals surface area contributed by atoms with E-state index in [4.69, 9.17) is 14.2 Å². The number of benzene rings is 1. The molecule has 116 valence electrons. The van der Waals surface area contributed by atoms with Gasteiger partial charge in [-0.15, -0.1) is 0 Å². The first-order valence-corrected chi connectivity index (χ1v) is 6.83. The summed E-state index contributed by atoms with van der Waals surface area (Å²) in [7, 11) is 1.49. The van der Waals surface area contributed by atoms with E-state index in [2.05, 4.69) is 5.32 Å². The average Bonchev–Trinajstić information content (AvgIpc) is 2.48. The summed E-state index contributed by atoms with van der Waals surface area (Å²) >= 11 is 0. The number of carbonyl (C=O) groups is 2. The number of hydrogen-bond donors (Lipinski definition) is 1. The molecule has 0 spiro atoms. The Morgan fingerprint density at radius 3 is 2.52 bits per heavy atom. The fraction of sp³-hybridized carbons (Fsp3) is 0.467. The third-order valence-corrected chi connectivity index (χ3v) is 2.70. The highest BCUT2D eigenvalue weighted by Gasteiger charge is 2.19. The molecule has 1 rings (SSSR count). The van der Waals surface area contributed by atoms with E-state index in [1.54, 1.807) is 19.1 Å². The molecule has 0 heterocycles. The van der Waals surface area contributed by atoms with Gasteiger partial charge >= 0.3 is 5.97 Å². The average molecular weight is 295 g/mol. The number of carbonyl (C=O) groups excluding carboxylic acids is 2. The Morgan fingerprint density at radius 1 is 1.24 bits per heavy atom. The molecule has 1 N–H and O–H groups in total. The Morgan fingerprint density at radius 2 is 1.95 bits per heavy atom. The van der Waals surface area contributed by atoms with E-state index < -0.39 is 12.1 Å². The number of rotatable bonds is 7. The summed E-state index contributed by atoms with van der Waals surface area (Å²) in [6.45, 7) is 6.15. The molecule has 0 radical (unpaired) electrons. The van der Waals surface area contributed by atoms with Gasteiger partial charge < -0.3 is 19.5 Å². The molecule has 1 atom stereocenters. The number of hydrogen-bond acceptors (Lipinski definition) is 5. The number of methoxy groups -OCH3 is 1. The molecule has 0 aliphatic rings. The predicted octanol–water partition coefficient (Wildman–Crippen LogP) is 1.78. The van der Waals surface area contributed by atoms with Crippen LogP contribution in [0.5, 0.6) is 11.5 Å². The SMILES string of the molecule is CCNC(=O)[C@H](C)OC(=O)c1ccc(OCC)c(OC)c1. The Kier molecular flexibility index (Phi) is 6.52. The van der Waals surface area contributed by atoms with E-state index in [9.17, 15) is 9.59 Å². The zero-order valence-electron chi connectivity index (χ0n) is 12.8. The molecular formula is C15H21NO5. The van der Waals surface area contributed by atoms with Crippen molar-refractivity contribution in [3.63, 3.8) is 0 Å². The van der Waals surface area contributed by atoms with Crippen LogP contribution in [0.15, 0.2) is 18.2 Å². The first kappa shape index (κ1) is 16.8. The smallest absolute Gasteiger partial charge is 0.339 e. The summed E-state index contributed by atoms with van der Waals surface area (Å²) in [5, 5.41) is 2.59. The van der Waals surface area contributed by atoms with Gasteiger partial charge in [0, 0.05) is 6.54 Å². The number of ether oxygens (including phenoxy) is 3. The predicted molar refractivity (Wildman–Crippen MR) is 77.7 cm³/mol. The second kappa shape index (κ2) is 8.14. The van der Waals surface area contributed by atoms with Crippen LogP contribution < -0.4 is 14.8 Å². The summed E-state index contributed by atoms with van der Waals surface area (Å²) in [5.41, 5.74) is 0.298. The van der Waals surface area contributed by atoms with Crippen molar-refractivity contribution < 1.29 is 23.8 Å². The lowest BCUT2D eigenvalue weighted by atomic mass is 10.2. The zero-order chi connectivity index (χ0) is 15.8. The summed E-state index contributed by atoms with van der Waals surface area (Å²) in [6, 6.07) is 4.73. The molecule has 1 aromatic carbocycles. The lowest BCUT2D eigenvalue weighted by Gasteiger charge is -2.14. The highest BCUT2D eigenvalue weighted by molar-refractivity contribution is 5.92. The van der Waals surface area contributed by atoms with E-state index in [1.807, 2.05) is 6.92 Å². The van der Waals surface area contributed by atoms with Gasteiger partial charge in [-0.05, 0) is 39.0 Å². The summed E-state index contributed by atoms with van der Waals surface area (Å²) in [5.74, 6) is 0.0733. The van der Waals surface area contributed by atoms with E-state index in [-0.39, 0.29) is 5.91 Å². The van der Waals surface area contributed by atoms with Crippen LogP contribution >= 0.6 is 0 Å². The fourth-order valence-electron chi connectivity index (χ4n) is 1.67. The van der Waals surface area contributed by atoms with Crippen molar-refractivity contribution in [1.82, 2.24) is 5.32 Å². The van der Waals surface area contributed by atoms with Gasteiger partial charge in [0.15, 0.2) is 17.6 Å². The van der Waals surface area contributed by atoms with Gasteiger partial charge in [-0.3, -0.25) is 4.79 Å². The molecule has 1 aromatic rings. The molecule has 0 unspecified atom stereocenters. The molecule has 6 nitrogen and oxygen atoms in total. The van der Waals surface area contributed by atoms with Crippen LogP contribution in [0.4, 0.5) is 0 Å². The molecule has 6 heteroatoms. The number of amides is 1. The van der Waals surface area contributed by atoms with Crippen LogP contribution in [0.2, 0.25) is 0 Å². The van der Waals surface area contributed by atoms with Crippen LogP contribution in [0.1, 0.15) is 31.1 Å². The van der Waals surface area contributed by atoms with Gasteiger partial charge in [0.25, 0.3) is 5.91 Å². The minimum atomic E-state index is -0.852. The molecular weight excluding hydrogens is 274 g/mol. The van der Waals surface area contributed by atoms with Gasteiger partial charge in [-0.25, -0.2) is 4.79 Å². The molecule has 0 bridgehead atoms. The number of nitrogens with one attached hydrogen (secondary N) is 1. The van der Waals surface area contributed by atoms with Crippen LogP contribution in [0.3, 0.4) is 0 Å². The molecule has 1 amide bonds. The minimum Gasteiger partial charge on any atom is -0.493 e. The van der Waals surface area contributed by atoms with Crippen molar-refractivity contribution in [2.45, 2.75) is 26.9 Å². The van der Waals surface area contributed by atoms with Crippen molar-refractivity contribution in [3.8, 4) is 11.5 Å². The largest absolute Gasteiger partial charge is 0.493 e. The number of esters is 1. The Hall–Kier alpha value is -2.24. The standard InChI is InChI=1S/C15H21NO5/c1-5-16-14(17)10(3)21-15(18)11-7-8-12(20-6-2)13(9-11)19-4/h7-10H,5-6H2,1-4H3,(H,16,17)/t10-/m0/s1. The quantitative estimate of drug-likeness (QED) is 0.776. The van der Waals surface area contributed by atoms with Crippen LogP contribution in [0.25, 0.3) is 0 Å². The maximum absolute atomic E-state index is 12.0. The molecule has 21 heavy (non-hydrogen) atoms. The molecule has 0 aromatic heterocycles. The van der Waals surface area contributed by atoms with Crippen LogP contribution in [0, 0.1) is 0 Å². The lowest BCUT2D eigenvalue weighted by Crippen LogP contribution is -2.35. The van der Waals surface area contributed by atoms with Crippen molar-refractivity contribution in [3.05, 3.63) is 23.8 Å². The maximum Gasteiger partial charge on any atom is 0.339 e. The molecule has 0 aliphatic heterocycles. The van der Waals surface area contributed by atoms with E-state index in [1.165, 1.54) is 20.1 Å². The van der Waals surface area contributed by atoms with Crippen LogP contribution in [-0.2, 0) is 9.53 Å². The second-order valence-corrected chi connectivity index (χ2v) is 4.24. The number of likely N-dealkylation sites (N-methyl/N-ethyl adjacent to an activating group) is 1. The highest BCUT2D eigenvalue weighted by Crippen LogP contribution is 2.28. The molecule has 0 fully saturated rings. The molecule has 0 saturated heterocycles. The Bertz CT molecular complexity index is 501. The summed E-state index contributed by atoms with van der Waals surface area (Å²) < 4.78 is 15.6. The normalized spacial score (nSPS) is 11.4. The summed E-state index contributed by atoms with van der Waals surface area (Å²) in [6.07, 6.45) is -0.852. The first-order chi connectivity index (χ1) is 10.0. The van der Waals surface area contributed by atoms with Gasteiger partial charge in [0.1, 0.15) is 0 Å². The first-order valence-electron chi connectivity index (χ1n) is 6.83. The van der Waals surface area contributed by atoms with Crippen molar-refractivity contribution in [2.24, 2.45) is 0 Å². The Labute approximate surface area is 124 Å². The zero-order valence-corrected chi connectivity index (χ0v) is 12.8. The molecule has 0 aliphatic carbocycles. The van der Waals surface area contributed by atoms with Gasteiger partial charge in [0.05, 0.1) is 19.3 Å². The molecule has 0 saturated carbocycles. The minimum absolute atomic E-state index is 0.298. The fourth-order valence-corrected chi connectivity index (χ4v) is 1.67. The highest BCUT2D eigenvalue weighted by atomic mass is 16.5. The Balaban J connectivity index is 2.81. The monoisotopic (exact) mass is 295 g/mol. The van der Waals surface area contributed by atoms with E-state index >= 15 is 0 Å². The van der Waals surface area contributed by atoms with Crippen molar-refractivity contribution >= 4 is 11.9 Å².